The largest absolute Gasteiger partial charge is 0.346 e. The minimum atomic E-state index is -0.296. The highest BCUT2D eigenvalue weighted by atomic mass is 19.1. The predicted octanol–water partition coefficient (Wildman–Crippen LogP) is 3.84. The third-order valence-electron chi connectivity index (χ3n) is 7.26. The first-order valence-electron chi connectivity index (χ1n) is 12.6. The van der Waals surface area contributed by atoms with Crippen molar-refractivity contribution in [2.75, 3.05) is 19.6 Å². The van der Waals surface area contributed by atoms with Crippen LogP contribution in [0.2, 0.25) is 0 Å². The highest BCUT2D eigenvalue weighted by Gasteiger charge is 2.30. The minimum Gasteiger partial charge on any atom is -0.346 e. The van der Waals surface area contributed by atoms with Crippen LogP contribution in [0.5, 0.6) is 0 Å². The highest BCUT2D eigenvalue weighted by Crippen LogP contribution is 2.25. The van der Waals surface area contributed by atoms with Gasteiger partial charge in [-0.2, -0.15) is 5.10 Å². The van der Waals surface area contributed by atoms with Gasteiger partial charge in [0.05, 0.1) is 6.04 Å². The summed E-state index contributed by atoms with van der Waals surface area (Å²) in [7, 11) is 1.93. The molecule has 0 saturated carbocycles. The maximum Gasteiger partial charge on any atom is 0.274 e. The third kappa shape index (κ3) is 5.04. The van der Waals surface area contributed by atoms with Gasteiger partial charge in [-0.25, -0.2) is 4.39 Å². The van der Waals surface area contributed by atoms with E-state index in [2.05, 4.69) is 15.3 Å². The molecule has 1 saturated heterocycles. The van der Waals surface area contributed by atoms with Crippen molar-refractivity contribution in [3.05, 3.63) is 88.0 Å². The summed E-state index contributed by atoms with van der Waals surface area (Å²) in [6, 6.07) is 13.6. The van der Waals surface area contributed by atoms with Crippen molar-refractivity contribution >= 4 is 11.8 Å². The Morgan fingerprint density at radius 2 is 1.72 bits per heavy atom. The van der Waals surface area contributed by atoms with Crippen LogP contribution >= 0.6 is 0 Å². The molecule has 3 aromatic rings. The van der Waals surface area contributed by atoms with Gasteiger partial charge in [0, 0.05) is 63.0 Å². The van der Waals surface area contributed by atoms with E-state index in [-0.39, 0.29) is 23.7 Å². The lowest BCUT2D eigenvalue weighted by Crippen LogP contribution is -2.33. The number of nitrogens with zero attached hydrogens (tertiary/aromatic N) is 4. The van der Waals surface area contributed by atoms with Crippen molar-refractivity contribution in [3.63, 3.8) is 0 Å². The molecule has 5 rings (SSSR count). The first kappa shape index (κ1) is 24.2. The first-order valence-corrected chi connectivity index (χ1v) is 12.6. The second-order valence-electron chi connectivity index (χ2n) is 9.80. The molecular formula is C28H32FN5O2. The van der Waals surface area contributed by atoms with Crippen LogP contribution in [0, 0.1) is 5.82 Å². The number of fused-ring (bicyclic) bond motifs is 1. The summed E-state index contributed by atoms with van der Waals surface area (Å²) >= 11 is 0. The first-order chi connectivity index (χ1) is 17.4. The quantitative estimate of drug-likeness (QED) is 0.571. The number of amides is 2. The molecule has 0 radical (unpaired) electrons. The van der Waals surface area contributed by atoms with Crippen molar-refractivity contribution < 1.29 is 14.0 Å². The van der Waals surface area contributed by atoms with Gasteiger partial charge in [0.15, 0.2) is 5.69 Å². The number of benzene rings is 2. The van der Waals surface area contributed by atoms with Gasteiger partial charge in [0.1, 0.15) is 5.82 Å². The lowest BCUT2D eigenvalue weighted by atomic mass is 10.0. The number of hydrogen-bond donors (Lipinski definition) is 1. The van der Waals surface area contributed by atoms with Crippen LogP contribution in [0.15, 0.2) is 48.5 Å². The Morgan fingerprint density at radius 3 is 2.42 bits per heavy atom. The number of hydrogen-bond acceptors (Lipinski definition) is 4. The molecule has 36 heavy (non-hydrogen) atoms. The topological polar surface area (TPSA) is 70.5 Å². The maximum absolute atomic E-state index is 13.2. The van der Waals surface area contributed by atoms with Gasteiger partial charge >= 0.3 is 0 Å². The average molecular weight is 490 g/mol. The Balaban J connectivity index is 1.22. The monoisotopic (exact) mass is 489 g/mol. The van der Waals surface area contributed by atoms with E-state index in [1.165, 1.54) is 12.1 Å². The fourth-order valence-electron chi connectivity index (χ4n) is 5.16. The molecule has 0 bridgehead atoms. The molecule has 1 aromatic heterocycles. The van der Waals surface area contributed by atoms with Gasteiger partial charge in [-0.15, -0.1) is 0 Å². The van der Waals surface area contributed by atoms with E-state index in [1.807, 2.05) is 47.8 Å². The second-order valence-corrected chi connectivity index (χ2v) is 9.80. The normalized spacial score (nSPS) is 16.6. The number of carbonyl (C=O) groups is 2. The molecular weight excluding hydrogens is 457 g/mol. The van der Waals surface area contributed by atoms with E-state index in [0.717, 1.165) is 67.8 Å². The second kappa shape index (κ2) is 10.2. The van der Waals surface area contributed by atoms with E-state index in [9.17, 15) is 14.0 Å². The fraction of sp³-hybridized carbons (Fsp3) is 0.393. The Labute approximate surface area is 210 Å². The smallest absolute Gasteiger partial charge is 0.274 e. The van der Waals surface area contributed by atoms with Crippen LogP contribution in [-0.4, -0.2) is 51.0 Å². The summed E-state index contributed by atoms with van der Waals surface area (Å²) < 4.78 is 15.0. The average Bonchev–Trinajstić information content (AvgIpc) is 3.53. The highest BCUT2D eigenvalue weighted by molar-refractivity contribution is 5.95. The lowest BCUT2D eigenvalue weighted by molar-refractivity contribution is 0.0783. The zero-order chi connectivity index (χ0) is 25.2. The summed E-state index contributed by atoms with van der Waals surface area (Å²) in [5, 5.41) is 7.56. The third-order valence-corrected chi connectivity index (χ3v) is 7.26. The summed E-state index contributed by atoms with van der Waals surface area (Å²) in [5.74, 6) is -0.409. The van der Waals surface area contributed by atoms with Crippen molar-refractivity contribution in [1.82, 2.24) is 24.9 Å². The number of aromatic nitrogens is 2. The van der Waals surface area contributed by atoms with E-state index >= 15 is 0 Å². The molecule has 2 aliphatic heterocycles. The van der Waals surface area contributed by atoms with Crippen LogP contribution in [0.3, 0.4) is 0 Å². The summed E-state index contributed by atoms with van der Waals surface area (Å²) in [6.45, 7) is 5.83. The van der Waals surface area contributed by atoms with Crippen molar-refractivity contribution in [3.8, 4) is 0 Å². The molecule has 1 N–H and O–H groups in total. The molecule has 0 aliphatic carbocycles. The minimum absolute atomic E-state index is 0.0523. The number of halogens is 1. The maximum atomic E-state index is 13.2. The molecule has 0 spiro atoms. The Bertz CT molecular complexity index is 1250. The molecule has 1 atom stereocenters. The standard InChI is InChI=1S/C28H32FN5O2/c1-19(21-9-11-23(29)12-10-21)30-27(35)22-7-5-20(6-8-22)17-33-16-13-25-24(18-33)26(31-32(25)2)28(36)34-14-3-4-15-34/h5-12,19H,3-4,13-18H2,1-2H3,(H,30,35). The zero-order valence-electron chi connectivity index (χ0n) is 20.8. The Hall–Kier alpha value is -3.52. The van der Waals surface area contributed by atoms with Crippen molar-refractivity contribution in [2.24, 2.45) is 7.05 Å². The van der Waals surface area contributed by atoms with E-state index in [1.54, 1.807) is 12.1 Å². The van der Waals surface area contributed by atoms with Crippen LogP contribution in [-0.2, 0) is 26.6 Å². The van der Waals surface area contributed by atoms with E-state index in [4.69, 9.17) is 0 Å². The molecule has 7 nitrogen and oxygen atoms in total. The van der Waals surface area contributed by atoms with Gasteiger partial charge in [-0.3, -0.25) is 19.2 Å². The summed E-state index contributed by atoms with van der Waals surface area (Å²) in [5.41, 5.74) is 5.34. The number of rotatable bonds is 6. The van der Waals surface area contributed by atoms with Crippen LogP contribution in [0.4, 0.5) is 4.39 Å². The number of nitrogens with one attached hydrogen (secondary N) is 1. The van der Waals surface area contributed by atoms with Gasteiger partial charge in [-0.1, -0.05) is 24.3 Å². The molecule has 8 heteroatoms. The SMILES string of the molecule is CC(NC(=O)c1ccc(CN2CCc3c(c(C(=O)N4CCCC4)nn3C)C2)cc1)c1ccc(F)cc1. The van der Waals surface area contributed by atoms with Crippen LogP contribution in [0.1, 0.15) is 69.0 Å². The van der Waals surface area contributed by atoms with Crippen LogP contribution < -0.4 is 5.32 Å². The summed E-state index contributed by atoms with van der Waals surface area (Å²) in [4.78, 5) is 30.0. The van der Waals surface area contributed by atoms with Gasteiger partial charge in [-0.05, 0) is 55.2 Å². The molecule has 1 unspecified atom stereocenters. The fourth-order valence-corrected chi connectivity index (χ4v) is 5.16. The molecule has 2 aliphatic rings. The molecule has 2 amide bonds. The Morgan fingerprint density at radius 1 is 1.03 bits per heavy atom. The lowest BCUT2D eigenvalue weighted by Gasteiger charge is -2.28. The van der Waals surface area contributed by atoms with Crippen molar-refractivity contribution in [1.29, 1.82) is 0 Å². The van der Waals surface area contributed by atoms with Gasteiger partial charge in [0.2, 0.25) is 0 Å². The predicted molar refractivity (Wildman–Crippen MR) is 135 cm³/mol. The van der Waals surface area contributed by atoms with E-state index in [0.29, 0.717) is 17.8 Å². The van der Waals surface area contributed by atoms with Crippen molar-refractivity contribution in [2.45, 2.75) is 45.3 Å². The molecule has 2 aromatic carbocycles. The number of likely N-dealkylation sites (tertiary alicyclic amines) is 1. The zero-order valence-corrected chi connectivity index (χ0v) is 20.8. The van der Waals surface area contributed by atoms with Gasteiger partial charge in [0.25, 0.3) is 11.8 Å². The number of carbonyl (C=O) groups excluding carboxylic acids is 2. The molecule has 188 valence electrons. The van der Waals surface area contributed by atoms with Gasteiger partial charge < -0.3 is 10.2 Å². The Kier molecular flexibility index (Phi) is 6.87. The molecule has 1 fully saturated rings. The molecule has 3 heterocycles. The van der Waals surface area contributed by atoms with Crippen LogP contribution in [0.25, 0.3) is 0 Å². The number of aryl methyl sites for hydroxylation is 1. The summed E-state index contributed by atoms with van der Waals surface area (Å²) in [6.07, 6.45) is 2.98. The van der Waals surface area contributed by atoms with E-state index < -0.39 is 0 Å².